The average Bonchev–Trinajstić information content (AvgIpc) is 3.31. The number of rotatable bonds is 3. The van der Waals surface area contributed by atoms with Crippen molar-refractivity contribution in [2.75, 3.05) is 0 Å². The Hall–Kier alpha value is -4.18. The second kappa shape index (κ2) is 8.74. The van der Waals surface area contributed by atoms with Crippen molar-refractivity contribution in [3.63, 3.8) is 0 Å². The molecule has 0 saturated carbocycles. The zero-order valence-electron chi connectivity index (χ0n) is 19.5. The fourth-order valence-electron chi connectivity index (χ4n) is 4.88. The number of hydrogen-bond acceptors (Lipinski definition) is 3. The van der Waals surface area contributed by atoms with Crippen LogP contribution in [0.3, 0.4) is 0 Å². The zero-order valence-corrected chi connectivity index (χ0v) is 21.0. The molecule has 0 aliphatic carbocycles. The summed E-state index contributed by atoms with van der Waals surface area (Å²) in [7, 11) is 0. The predicted octanol–water partition coefficient (Wildman–Crippen LogP) is 9.84. The number of furan rings is 1. The van der Waals surface area contributed by atoms with E-state index in [9.17, 15) is 0 Å². The first-order chi connectivity index (χ1) is 18.1. The lowest BCUT2D eigenvalue weighted by Gasteiger charge is -2.08. The van der Waals surface area contributed by atoms with Gasteiger partial charge in [-0.05, 0) is 82.1 Å². The first-order valence-corrected chi connectivity index (χ1v) is 12.6. The molecule has 4 aromatic carbocycles. The average molecular weight is 517 g/mol. The van der Waals surface area contributed by atoms with Crippen LogP contribution in [0.4, 0.5) is 0 Å². The van der Waals surface area contributed by atoms with E-state index >= 15 is 0 Å². The lowest BCUT2D eigenvalue weighted by atomic mass is 9.98. The maximum Gasteiger partial charge on any atom is 0.227 e. The summed E-state index contributed by atoms with van der Waals surface area (Å²) in [5, 5.41) is 5.60. The van der Waals surface area contributed by atoms with Crippen molar-refractivity contribution in [1.82, 2.24) is 9.97 Å². The van der Waals surface area contributed by atoms with Crippen LogP contribution in [0.5, 0.6) is 0 Å². The fourth-order valence-corrected chi connectivity index (χ4v) is 5.41. The third-order valence-electron chi connectivity index (χ3n) is 6.68. The van der Waals surface area contributed by atoms with E-state index in [0.717, 1.165) is 60.6 Å². The van der Waals surface area contributed by atoms with Gasteiger partial charge in [-0.25, -0.2) is 4.98 Å². The van der Waals surface area contributed by atoms with Crippen molar-refractivity contribution in [1.29, 1.82) is 0 Å². The SMILES string of the molecule is Clc1cc(Cl)cc(-c2ccc3cc(-c4ccc(-c5cccc6c5oc5ncccc56)nc4)ccc3c2)c1. The predicted molar refractivity (Wildman–Crippen MR) is 153 cm³/mol. The summed E-state index contributed by atoms with van der Waals surface area (Å²) in [5.74, 6) is 0. The molecule has 176 valence electrons. The maximum atomic E-state index is 6.21. The van der Waals surface area contributed by atoms with Gasteiger partial charge in [0.15, 0.2) is 0 Å². The lowest BCUT2D eigenvalue weighted by molar-refractivity contribution is 0.655. The lowest BCUT2D eigenvalue weighted by Crippen LogP contribution is -1.86. The number of aromatic nitrogens is 2. The smallest absolute Gasteiger partial charge is 0.227 e. The molecule has 0 aliphatic rings. The highest BCUT2D eigenvalue weighted by molar-refractivity contribution is 6.35. The van der Waals surface area contributed by atoms with E-state index < -0.39 is 0 Å². The Morgan fingerprint density at radius 3 is 2.00 bits per heavy atom. The molecular weight excluding hydrogens is 499 g/mol. The molecule has 0 aliphatic heterocycles. The Morgan fingerprint density at radius 1 is 0.568 bits per heavy atom. The highest BCUT2D eigenvalue weighted by Crippen LogP contribution is 2.35. The van der Waals surface area contributed by atoms with Gasteiger partial charge in [0.1, 0.15) is 5.58 Å². The maximum absolute atomic E-state index is 6.21. The molecule has 3 nitrogen and oxygen atoms in total. The van der Waals surface area contributed by atoms with Gasteiger partial charge in [-0.2, -0.15) is 0 Å². The summed E-state index contributed by atoms with van der Waals surface area (Å²) in [6, 6.07) is 32.7. The number of para-hydroxylation sites is 1. The van der Waals surface area contributed by atoms with E-state index in [4.69, 9.17) is 32.6 Å². The Kier molecular flexibility index (Phi) is 5.21. The van der Waals surface area contributed by atoms with Gasteiger partial charge in [0.25, 0.3) is 0 Å². The van der Waals surface area contributed by atoms with Crippen LogP contribution in [-0.2, 0) is 0 Å². The topological polar surface area (TPSA) is 38.9 Å². The molecule has 0 amide bonds. The number of halogens is 2. The minimum absolute atomic E-state index is 0.627. The number of pyridine rings is 2. The molecule has 37 heavy (non-hydrogen) atoms. The zero-order chi connectivity index (χ0) is 24.9. The molecule has 7 rings (SSSR count). The normalized spacial score (nSPS) is 11.5. The van der Waals surface area contributed by atoms with Crippen molar-refractivity contribution < 1.29 is 4.42 Å². The van der Waals surface area contributed by atoms with Gasteiger partial charge in [-0.3, -0.25) is 4.98 Å². The van der Waals surface area contributed by atoms with Crippen molar-refractivity contribution in [3.05, 3.63) is 120 Å². The second-order valence-electron chi connectivity index (χ2n) is 9.01. The minimum Gasteiger partial charge on any atom is -0.437 e. The Morgan fingerprint density at radius 2 is 1.27 bits per heavy atom. The molecule has 0 radical (unpaired) electrons. The number of nitrogens with zero attached hydrogens (tertiary/aromatic N) is 2. The van der Waals surface area contributed by atoms with E-state index in [-0.39, 0.29) is 0 Å². The largest absolute Gasteiger partial charge is 0.437 e. The second-order valence-corrected chi connectivity index (χ2v) is 9.88. The molecule has 0 saturated heterocycles. The Labute approximate surface area is 222 Å². The fraction of sp³-hybridized carbons (Fsp3) is 0. The summed E-state index contributed by atoms with van der Waals surface area (Å²) in [4.78, 5) is 9.15. The van der Waals surface area contributed by atoms with E-state index in [1.165, 1.54) is 0 Å². The molecule has 0 N–H and O–H groups in total. The molecular formula is C32H18Cl2N2O. The van der Waals surface area contributed by atoms with Crippen LogP contribution in [0.1, 0.15) is 0 Å². The van der Waals surface area contributed by atoms with Crippen molar-refractivity contribution >= 4 is 56.0 Å². The molecule has 3 aromatic heterocycles. The molecule has 0 fully saturated rings. The quantitative estimate of drug-likeness (QED) is 0.234. The van der Waals surface area contributed by atoms with Crippen molar-refractivity contribution in [2.45, 2.75) is 0 Å². The van der Waals surface area contributed by atoms with Gasteiger partial charge in [0.05, 0.1) is 5.69 Å². The molecule has 7 aromatic rings. The van der Waals surface area contributed by atoms with E-state index in [1.54, 1.807) is 12.3 Å². The van der Waals surface area contributed by atoms with E-state index in [2.05, 4.69) is 53.5 Å². The van der Waals surface area contributed by atoms with Crippen LogP contribution >= 0.6 is 23.2 Å². The summed E-state index contributed by atoms with van der Waals surface area (Å²) in [6.45, 7) is 0. The van der Waals surface area contributed by atoms with Crippen molar-refractivity contribution in [2.24, 2.45) is 0 Å². The van der Waals surface area contributed by atoms with Gasteiger partial charge in [0.2, 0.25) is 5.71 Å². The summed E-state index contributed by atoms with van der Waals surface area (Å²) in [5.41, 5.74) is 7.49. The van der Waals surface area contributed by atoms with Crippen LogP contribution < -0.4 is 0 Å². The molecule has 5 heteroatoms. The molecule has 3 heterocycles. The standard InChI is InChI=1S/C32H18Cl2N2O/c33-25-15-24(16-26(34)17-25)22-9-7-19-13-21(8-6-20(19)14-22)23-10-11-30(36-18-23)29-4-1-3-27-28-5-2-12-35-32(28)37-31(27)29/h1-18H. The van der Waals surface area contributed by atoms with Gasteiger partial charge >= 0.3 is 0 Å². The molecule has 0 bridgehead atoms. The van der Waals surface area contributed by atoms with Crippen molar-refractivity contribution in [3.8, 4) is 33.5 Å². The number of fused-ring (bicyclic) bond motifs is 4. The minimum atomic E-state index is 0.627. The van der Waals surface area contributed by atoms with E-state index in [0.29, 0.717) is 15.8 Å². The van der Waals surface area contributed by atoms with Crippen LogP contribution in [0.2, 0.25) is 10.0 Å². The van der Waals surface area contributed by atoms with Crippen LogP contribution in [0, 0.1) is 0 Å². The number of hydrogen-bond donors (Lipinski definition) is 0. The third kappa shape index (κ3) is 3.93. The highest BCUT2D eigenvalue weighted by Gasteiger charge is 2.13. The van der Waals surface area contributed by atoms with Crippen LogP contribution in [0.15, 0.2) is 114 Å². The first-order valence-electron chi connectivity index (χ1n) is 11.9. The molecule has 0 spiro atoms. The highest BCUT2D eigenvalue weighted by atomic mass is 35.5. The third-order valence-corrected chi connectivity index (χ3v) is 7.12. The van der Waals surface area contributed by atoms with Gasteiger partial charge in [-0.1, -0.05) is 65.7 Å². The van der Waals surface area contributed by atoms with E-state index in [1.807, 2.05) is 48.7 Å². The summed E-state index contributed by atoms with van der Waals surface area (Å²) < 4.78 is 6.09. The Balaban J connectivity index is 1.23. The van der Waals surface area contributed by atoms with Gasteiger partial charge < -0.3 is 4.42 Å². The number of benzene rings is 4. The monoisotopic (exact) mass is 516 g/mol. The van der Waals surface area contributed by atoms with Gasteiger partial charge in [0, 0.05) is 44.3 Å². The van der Waals surface area contributed by atoms with Crippen LogP contribution in [0.25, 0.3) is 66.4 Å². The van der Waals surface area contributed by atoms with Gasteiger partial charge in [-0.15, -0.1) is 0 Å². The van der Waals surface area contributed by atoms with Crippen LogP contribution in [-0.4, -0.2) is 9.97 Å². The Bertz CT molecular complexity index is 1940. The molecule has 0 unspecified atom stereocenters. The summed E-state index contributed by atoms with van der Waals surface area (Å²) >= 11 is 12.4. The summed E-state index contributed by atoms with van der Waals surface area (Å²) in [6.07, 6.45) is 3.66. The molecule has 0 atom stereocenters. The first kappa shape index (κ1) is 22.1.